The van der Waals surface area contributed by atoms with Crippen LogP contribution in [0.1, 0.15) is 19.8 Å². The normalized spacial score (nSPS) is 24.9. The van der Waals surface area contributed by atoms with E-state index in [1.165, 1.54) is 0 Å². The van der Waals surface area contributed by atoms with Crippen LogP contribution in [0.4, 0.5) is 0 Å². The van der Waals surface area contributed by atoms with E-state index in [1.807, 2.05) is 4.90 Å². The summed E-state index contributed by atoms with van der Waals surface area (Å²) in [5.41, 5.74) is 5.77. The lowest BCUT2D eigenvalue weighted by atomic mass is 9.91. The molecule has 1 aromatic rings. The maximum Gasteiger partial charge on any atom is 0.244 e. The molecule has 2 atom stereocenters. The van der Waals surface area contributed by atoms with Crippen molar-refractivity contribution in [3.8, 4) is 0 Å². The van der Waals surface area contributed by atoms with Gasteiger partial charge in [-0.2, -0.15) is 0 Å². The zero-order chi connectivity index (χ0) is 12.3. The number of hydrogen-bond donors (Lipinski definition) is 1. The summed E-state index contributed by atoms with van der Waals surface area (Å²) in [7, 11) is 0. The minimum Gasteiger partial charge on any atom is -0.337 e. The van der Waals surface area contributed by atoms with Gasteiger partial charge in [0.25, 0.3) is 0 Å². The number of likely N-dealkylation sites (tertiary alicyclic amines) is 1. The van der Waals surface area contributed by atoms with Gasteiger partial charge in [-0.3, -0.25) is 4.79 Å². The number of hydrogen-bond acceptors (Lipinski definition) is 4. The third-order valence-electron chi connectivity index (χ3n) is 3.45. The summed E-state index contributed by atoms with van der Waals surface area (Å²) in [4.78, 5) is 14.1. The van der Waals surface area contributed by atoms with Crippen LogP contribution >= 0.6 is 0 Å². The standard InChI is InChI=1S/C11H19N5O/c1-9-3-2-5-16(10(9)7-12)11(17)8-15-6-4-13-14-15/h4,6,9-10H,2-3,5,7-8,12H2,1H3/t9-,10+/m1/s1. The molecule has 1 amide bonds. The first-order valence-electron chi connectivity index (χ1n) is 6.06. The van der Waals surface area contributed by atoms with Crippen LogP contribution in [0.5, 0.6) is 0 Å². The Morgan fingerprint density at radius 1 is 1.59 bits per heavy atom. The number of piperidine rings is 1. The van der Waals surface area contributed by atoms with Crippen LogP contribution < -0.4 is 5.73 Å². The fourth-order valence-electron chi connectivity index (χ4n) is 2.46. The zero-order valence-corrected chi connectivity index (χ0v) is 10.1. The molecule has 1 aromatic heterocycles. The van der Waals surface area contributed by atoms with Gasteiger partial charge in [-0.05, 0) is 18.8 Å². The summed E-state index contributed by atoms with van der Waals surface area (Å²) in [6.45, 7) is 3.75. The fraction of sp³-hybridized carbons (Fsp3) is 0.727. The highest BCUT2D eigenvalue weighted by atomic mass is 16.2. The molecule has 2 rings (SSSR count). The van der Waals surface area contributed by atoms with Crippen molar-refractivity contribution in [3.63, 3.8) is 0 Å². The summed E-state index contributed by atoms with van der Waals surface area (Å²) < 4.78 is 1.55. The van der Waals surface area contributed by atoms with Crippen molar-refractivity contribution in [2.75, 3.05) is 13.1 Å². The van der Waals surface area contributed by atoms with E-state index in [9.17, 15) is 4.79 Å². The molecular weight excluding hydrogens is 218 g/mol. The third-order valence-corrected chi connectivity index (χ3v) is 3.45. The summed E-state index contributed by atoms with van der Waals surface area (Å²) in [5.74, 6) is 0.561. The van der Waals surface area contributed by atoms with Gasteiger partial charge < -0.3 is 10.6 Å². The monoisotopic (exact) mass is 237 g/mol. The number of amides is 1. The molecule has 1 aliphatic rings. The third kappa shape index (κ3) is 2.63. The number of nitrogens with two attached hydrogens (primary N) is 1. The highest BCUT2D eigenvalue weighted by Crippen LogP contribution is 2.22. The first-order valence-corrected chi connectivity index (χ1v) is 6.06. The average Bonchev–Trinajstić information content (AvgIpc) is 2.81. The number of aromatic nitrogens is 3. The molecule has 1 aliphatic heterocycles. The fourth-order valence-corrected chi connectivity index (χ4v) is 2.46. The van der Waals surface area contributed by atoms with Gasteiger partial charge in [-0.1, -0.05) is 12.1 Å². The Morgan fingerprint density at radius 3 is 3.06 bits per heavy atom. The van der Waals surface area contributed by atoms with Gasteiger partial charge in [0.1, 0.15) is 6.54 Å². The second kappa shape index (κ2) is 5.27. The Balaban J connectivity index is 2.02. The Kier molecular flexibility index (Phi) is 3.73. The molecule has 0 aliphatic carbocycles. The Hall–Kier alpha value is -1.43. The first-order chi connectivity index (χ1) is 8.22. The van der Waals surface area contributed by atoms with E-state index < -0.39 is 0 Å². The number of carbonyl (C=O) groups excluding carboxylic acids is 1. The van der Waals surface area contributed by atoms with Gasteiger partial charge in [0.15, 0.2) is 0 Å². The second-order valence-electron chi connectivity index (χ2n) is 4.61. The lowest BCUT2D eigenvalue weighted by Crippen LogP contribution is -2.52. The van der Waals surface area contributed by atoms with Gasteiger partial charge in [-0.25, -0.2) is 4.68 Å². The molecule has 6 nitrogen and oxygen atoms in total. The molecule has 0 bridgehead atoms. The second-order valence-corrected chi connectivity index (χ2v) is 4.61. The van der Waals surface area contributed by atoms with E-state index >= 15 is 0 Å². The Labute approximate surface area is 101 Å². The number of rotatable bonds is 3. The summed E-state index contributed by atoms with van der Waals surface area (Å²) in [6, 6.07) is 0.166. The Bertz CT molecular complexity index is 364. The zero-order valence-electron chi connectivity index (χ0n) is 10.1. The molecule has 0 radical (unpaired) electrons. The van der Waals surface area contributed by atoms with Crippen LogP contribution in [0.25, 0.3) is 0 Å². The first kappa shape index (κ1) is 12.0. The number of nitrogens with zero attached hydrogens (tertiary/aromatic N) is 4. The SMILES string of the molecule is C[C@@H]1CCCN(C(=O)Cn2ccnn2)[C@H]1CN. The van der Waals surface area contributed by atoms with Gasteiger partial charge in [0.2, 0.25) is 5.91 Å². The van der Waals surface area contributed by atoms with Gasteiger partial charge >= 0.3 is 0 Å². The largest absolute Gasteiger partial charge is 0.337 e. The lowest BCUT2D eigenvalue weighted by Gasteiger charge is -2.39. The van der Waals surface area contributed by atoms with Crippen molar-refractivity contribution >= 4 is 5.91 Å². The molecule has 0 unspecified atom stereocenters. The highest BCUT2D eigenvalue weighted by Gasteiger charge is 2.30. The van der Waals surface area contributed by atoms with Crippen molar-refractivity contribution in [2.24, 2.45) is 11.7 Å². The van der Waals surface area contributed by atoms with E-state index in [0.29, 0.717) is 12.5 Å². The minimum absolute atomic E-state index is 0.0810. The van der Waals surface area contributed by atoms with Crippen LogP contribution in [0.3, 0.4) is 0 Å². The molecule has 94 valence electrons. The quantitative estimate of drug-likeness (QED) is 0.794. The van der Waals surface area contributed by atoms with Crippen LogP contribution in [0.15, 0.2) is 12.4 Å². The van der Waals surface area contributed by atoms with Crippen molar-refractivity contribution in [1.29, 1.82) is 0 Å². The average molecular weight is 237 g/mol. The van der Waals surface area contributed by atoms with Crippen molar-refractivity contribution in [2.45, 2.75) is 32.4 Å². The highest BCUT2D eigenvalue weighted by molar-refractivity contribution is 5.76. The van der Waals surface area contributed by atoms with E-state index in [4.69, 9.17) is 5.73 Å². The predicted molar refractivity (Wildman–Crippen MR) is 63.0 cm³/mol. The van der Waals surface area contributed by atoms with E-state index in [2.05, 4.69) is 17.2 Å². The van der Waals surface area contributed by atoms with Gasteiger partial charge in [0, 0.05) is 25.3 Å². The van der Waals surface area contributed by atoms with Gasteiger partial charge in [-0.15, -0.1) is 5.10 Å². The van der Waals surface area contributed by atoms with Crippen LogP contribution in [-0.2, 0) is 11.3 Å². The van der Waals surface area contributed by atoms with Crippen molar-refractivity contribution in [1.82, 2.24) is 19.9 Å². The molecule has 0 saturated carbocycles. The summed E-state index contributed by atoms with van der Waals surface area (Å²) in [5, 5.41) is 7.50. The molecule has 1 fully saturated rings. The maximum absolute atomic E-state index is 12.2. The molecular formula is C11H19N5O. The van der Waals surface area contributed by atoms with Crippen LogP contribution in [0.2, 0.25) is 0 Å². The van der Waals surface area contributed by atoms with E-state index in [1.54, 1.807) is 17.1 Å². The molecule has 0 spiro atoms. The minimum atomic E-state index is 0.0810. The van der Waals surface area contributed by atoms with Crippen molar-refractivity contribution < 1.29 is 4.79 Å². The summed E-state index contributed by atoms with van der Waals surface area (Å²) in [6.07, 6.45) is 5.48. The number of carbonyl (C=O) groups is 1. The van der Waals surface area contributed by atoms with Gasteiger partial charge in [0.05, 0.1) is 6.20 Å². The topological polar surface area (TPSA) is 77.0 Å². The molecule has 2 N–H and O–H groups in total. The molecule has 17 heavy (non-hydrogen) atoms. The summed E-state index contributed by atoms with van der Waals surface area (Å²) >= 11 is 0. The van der Waals surface area contributed by atoms with E-state index in [-0.39, 0.29) is 18.5 Å². The molecule has 0 aromatic carbocycles. The van der Waals surface area contributed by atoms with Crippen molar-refractivity contribution in [3.05, 3.63) is 12.4 Å². The van der Waals surface area contributed by atoms with Crippen LogP contribution in [-0.4, -0.2) is 44.9 Å². The molecule has 1 saturated heterocycles. The molecule has 2 heterocycles. The Morgan fingerprint density at radius 2 is 2.41 bits per heavy atom. The van der Waals surface area contributed by atoms with E-state index in [0.717, 1.165) is 19.4 Å². The molecule has 6 heteroatoms. The maximum atomic E-state index is 12.2. The van der Waals surface area contributed by atoms with Crippen LogP contribution in [0, 0.1) is 5.92 Å². The lowest BCUT2D eigenvalue weighted by molar-refractivity contribution is -0.136. The predicted octanol–water partition coefficient (Wildman–Crippen LogP) is -0.136. The smallest absolute Gasteiger partial charge is 0.244 e.